The van der Waals surface area contributed by atoms with Crippen LogP contribution >= 0.6 is 11.6 Å². The Labute approximate surface area is 171 Å². The summed E-state index contributed by atoms with van der Waals surface area (Å²) in [4.78, 5) is 24.8. The maximum Gasteiger partial charge on any atom is 0.153 e. The van der Waals surface area contributed by atoms with Crippen molar-refractivity contribution in [3.8, 4) is 0 Å². The van der Waals surface area contributed by atoms with E-state index in [-0.39, 0.29) is 6.10 Å². The lowest BCUT2D eigenvalue weighted by molar-refractivity contribution is -0.0108. The van der Waals surface area contributed by atoms with Crippen LogP contribution in [0.25, 0.3) is 11.0 Å². The lowest BCUT2D eigenvalue weighted by Gasteiger charge is -2.41. The average molecular weight is 405 g/mol. The van der Waals surface area contributed by atoms with Crippen LogP contribution in [0.4, 0.5) is 5.69 Å². The molecule has 0 bridgehead atoms. The molecular weight excluding hydrogens is 376 g/mol. The maximum absolute atomic E-state index is 11.9. The SMILES string of the molecule is CCN1CCN(c2cc3[nH]c(C4CC(C)CCO4)nc3c(C=O)c2Cl)[C@@H](C)C1. The van der Waals surface area contributed by atoms with E-state index in [0.29, 0.717) is 28.1 Å². The molecule has 0 radical (unpaired) electrons. The highest BCUT2D eigenvalue weighted by atomic mass is 35.5. The number of likely N-dealkylation sites (N-methyl/N-ethyl adjacent to an activating group) is 1. The Bertz CT molecular complexity index is 868. The van der Waals surface area contributed by atoms with Gasteiger partial charge in [0.2, 0.25) is 0 Å². The van der Waals surface area contributed by atoms with Crippen LogP contribution in [0.15, 0.2) is 6.07 Å². The van der Waals surface area contributed by atoms with Crippen LogP contribution in [-0.4, -0.2) is 60.0 Å². The summed E-state index contributed by atoms with van der Waals surface area (Å²) < 4.78 is 5.92. The number of carbonyl (C=O) groups is 1. The molecule has 0 saturated carbocycles. The van der Waals surface area contributed by atoms with Crippen molar-refractivity contribution in [2.24, 2.45) is 5.92 Å². The zero-order valence-corrected chi connectivity index (χ0v) is 17.6. The van der Waals surface area contributed by atoms with Gasteiger partial charge in [-0.25, -0.2) is 4.98 Å². The molecule has 2 unspecified atom stereocenters. The highest BCUT2D eigenvalue weighted by molar-refractivity contribution is 6.37. The van der Waals surface area contributed by atoms with E-state index in [0.717, 1.165) is 68.9 Å². The standard InChI is InChI=1S/C21H29ClN4O2/c1-4-25-6-7-26(14(3)11-25)17-10-16-20(15(12-27)19(17)22)24-21(23-16)18-9-13(2)5-8-28-18/h10,12-14,18H,4-9,11H2,1-3H3,(H,23,24)/t13?,14-,18?/m0/s1. The van der Waals surface area contributed by atoms with Crippen molar-refractivity contribution >= 4 is 34.6 Å². The molecule has 4 rings (SSSR count). The minimum atomic E-state index is -0.0510. The Morgan fingerprint density at radius 2 is 2.21 bits per heavy atom. The molecule has 28 heavy (non-hydrogen) atoms. The van der Waals surface area contributed by atoms with E-state index in [1.54, 1.807) is 0 Å². The van der Waals surface area contributed by atoms with Crippen molar-refractivity contribution in [2.75, 3.05) is 37.7 Å². The van der Waals surface area contributed by atoms with Gasteiger partial charge in [-0.1, -0.05) is 25.4 Å². The largest absolute Gasteiger partial charge is 0.370 e. The summed E-state index contributed by atoms with van der Waals surface area (Å²) in [7, 11) is 0. The van der Waals surface area contributed by atoms with Gasteiger partial charge < -0.3 is 14.6 Å². The van der Waals surface area contributed by atoms with Gasteiger partial charge in [0.1, 0.15) is 17.4 Å². The van der Waals surface area contributed by atoms with Gasteiger partial charge in [-0.3, -0.25) is 9.69 Å². The smallest absolute Gasteiger partial charge is 0.153 e. The van der Waals surface area contributed by atoms with Crippen molar-refractivity contribution < 1.29 is 9.53 Å². The first-order valence-corrected chi connectivity index (χ1v) is 10.7. The van der Waals surface area contributed by atoms with E-state index in [1.165, 1.54) is 0 Å². The number of anilines is 1. The molecule has 6 nitrogen and oxygen atoms in total. The van der Waals surface area contributed by atoms with Gasteiger partial charge in [0.25, 0.3) is 0 Å². The number of aldehydes is 1. The summed E-state index contributed by atoms with van der Waals surface area (Å²) in [5.74, 6) is 1.40. The summed E-state index contributed by atoms with van der Waals surface area (Å²) >= 11 is 6.70. The molecule has 1 aromatic carbocycles. The number of aromatic amines is 1. The fraction of sp³-hybridized carbons (Fsp3) is 0.619. The van der Waals surface area contributed by atoms with Gasteiger partial charge in [0.05, 0.1) is 21.8 Å². The van der Waals surface area contributed by atoms with E-state index in [4.69, 9.17) is 21.3 Å². The number of nitrogens with zero attached hydrogens (tertiary/aromatic N) is 3. The molecule has 3 heterocycles. The van der Waals surface area contributed by atoms with Gasteiger partial charge >= 0.3 is 0 Å². The highest BCUT2D eigenvalue weighted by Gasteiger charge is 2.28. The van der Waals surface area contributed by atoms with E-state index in [1.807, 2.05) is 6.07 Å². The third kappa shape index (κ3) is 3.53. The minimum Gasteiger partial charge on any atom is -0.370 e. The van der Waals surface area contributed by atoms with E-state index in [9.17, 15) is 4.79 Å². The number of nitrogens with one attached hydrogen (secondary N) is 1. The predicted molar refractivity (Wildman–Crippen MR) is 113 cm³/mol. The number of imidazole rings is 1. The van der Waals surface area contributed by atoms with E-state index >= 15 is 0 Å². The third-order valence-corrected chi connectivity index (χ3v) is 6.58. The van der Waals surface area contributed by atoms with Crippen molar-refractivity contribution in [2.45, 2.75) is 45.8 Å². The summed E-state index contributed by atoms with van der Waals surface area (Å²) in [5.41, 5.74) is 2.86. The number of carbonyl (C=O) groups excluding carboxylic acids is 1. The maximum atomic E-state index is 11.9. The van der Waals surface area contributed by atoms with Gasteiger partial charge in [-0.2, -0.15) is 0 Å². The number of halogens is 1. The second kappa shape index (κ2) is 8.01. The Kier molecular flexibility index (Phi) is 5.63. The summed E-state index contributed by atoms with van der Waals surface area (Å²) in [6.07, 6.45) is 2.79. The molecule has 0 amide bonds. The first kappa shape index (κ1) is 19.7. The number of hydrogen-bond acceptors (Lipinski definition) is 5. The second-order valence-electron chi connectivity index (χ2n) is 8.18. The van der Waals surface area contributed by atoms with Gasteiger partial charge in [-0.15, -0.1) is 0 Å². The minimum absolute atomic E-state index is 0.0510. The number of piperazine rings is 1. The number of benzene rings is 1. The molecule has 152 valence electrons. The Morgan fingerprint density at radius 3 is 2.89 bits per heavy atom. The van der Waals surface area contributed by atoms with Gasteiger partial charge in [0.15, 0.2) is 6.29 Å². The van der Waals surface area contributed by atoms with E-state index < -0.39 is 0 Å². The first-order valence-electron chi connectivity index (χ1n) is 10.3. The summed E-state index contributed by atoms with van der Waals surface area (Å²) in [5, 5.41) is 0.496. The normalized spacial score (nSPS) is 26.7. The molecule has 2 aliphatic rings. The molecule has 0 spiro atoms. The monoisotopic (exact) mass is 404 g/mol. The van der Waals surface area contributed by atoms with Crippen LogP contribution in [0.1, 0.15) is 55.9 Å². The number of H-pyrrole nitrogens is 1. The Balaban J connectivity index is 1.72. The molecule has 2 saturated heterocycles. The topological polar surface area (TPSA) is 61.5 Å². The number of ether oxygens (including phenoxy) is 1. The van der Waals surface area contributed by atoms with Crippen molar-refractivity contribution in [3.63, 3.8) is 0 Å². The molecule has 2 aromatic rings. The molecule has 0 aliphatic carbocycles. The average Bonchev–Trinajstić information content (AvgIpc) is 3.11. The third-order valence-electron chi connectivity index (χ3n) is 6.18. The number of fused-ring (bicyclic) bond motifs is 1. The fourth-order valence-corrected chi connectivity index (χ4v) is 4.76. The molecule has 2 fully saturated rings. The Hall–Kier alpha value is -1.63. The van der Waals surface area contributed by atoms with E-state index in [2.05, 4.69) is 35.6 Å². The number of aromatic nitrogens is 2. The highest BCUT2D eigenvalue weighted by Crippen LogP contribution is 2.38. The number of hydrogen-bond donors (Lipinski definition) is 1. The molecule has 7 heteroatoms. The van der Waals surface area contributed by atoms with Crippen molar-refractivity contribution in [1.29, 1.82) is 0 Å². The molecule has 1 N–H and O–H groups in total. The summed E-state index contributed by atoms with van der Waals surface area (Å²) in [6, 6.07) is 2.37. The van der Waals surface area contributed by atoms with Crippen LogP contribution in [0.5, 0.6) is 0 Å². The van der Waals surface area contributed by atoms with Crippen molar-refractivity contribution in [3.05, 3.63) is 22.5 Å². The fourth-order valence-electron chi connectivity index (χ4n) is 4.46. The Morgan fingerprint density at radius 1 is 1.39 bits per heavy atom. The van der Waals surface area contributed by atoms with Crippen molar-refractivity contribution in [1.82, 2.24) is 14.9 Å². The molecule has 3 atom stereocenters. The first-order chi connectivity index (χ1) is 13.5. The number of rotatable bonds is 4. The van der Waals surface area contributed by atoms with Crippen LogP contribution in [-0.2, 0) is 4.74 Å². The van der Waals surface area contributed by atoms with Gasteiger partial charge in [0, 0.05) is 32.3 Å². The molecular formula is C21H29ClN4O2. The van der Waals surface area contributed by atoms with Crippen LogP contribution in [0.3, 0.4) is 0 Å². The van der Waals surface area contributed by atoms with Gasteiger partial charge in [-0.05, 0) is 38.3 Å². The summed E-state index contributed by atoms with van der Waals surface area (Å²) in [6.45, 7) is 11.3. The predicted octanol–water partition coefficient (Wildman–Crippen LogP) is 4.05. The lowest BCUT2D eigenvalue weighted by atomic mass is 9.97. The molecule has 1 aromatic heterocycles. The quantitative estimate of drug-likeness (QED) is 0.779. The zero-order chi connectivity index (χ0) is 19.8. The zero-order valence-electron chi connectivity index (χ0n) is 16.9. The lowest BCUT2D eigenvalue weighted by Crippen LogP contribution is -2.52. The van der Waals surface area contributed by atoms with Crippen LogP contribution in [0.2, 0.25) is 5.02 Å². The second-order valence-corrected chi connectivity index (χ2v) is 8.56. The van der Waals surface area contributed by atoms with Crippen LogP contribution in [0, 0.1) is 5.92 Å². The molecule has 2 aliphatic heterocycles. The van der Waals surface area contributed by atoms with Crippen LogP contribution < -0.4 is 4.90 Å².